The second-order valence-corrected chi connectivity index (χ2v) is 6.42. The molecule has 0 unspecified atom stereocenters. The van der Waals surface area contributed by atoms with Crippen LogP contribution in [0.4, 0.5) is 0 Å². The first-order valence-electron chi connectivity index (χ1n) is 8.96. The van der Waals surface area contributed by atoms with Gasteiger partial charge in [-0.05, 0) is 12.5 Å². The van der Waals surface area contributed by atoms with Crippen LogP contribution in [0.15, 0.2) is 33.9 Å². The Bertz CT molecular complexity index is 933. The van der Waals surface area contributed by atoms with Crippen molar-refractivity contribution in [3.63, 3.8) is 0 Å². The van der Waals surface area contributed by atoms with Gasteiger partial charge in [-0.2, -0.15) is 0 Å². The highest BCUT2D eigenvalue weighted by Gasteiger charge is 2.14. The number of hydrogen-bond acceptors (Lipinski definition) is 2. The van der Waals surface area contributed by atoms with Crippen LogP contribution < -0.4 is 11.1 Å². The zero-order chi connectivity index (χ0) is 16.9. The Morgan fingerprint density at radius 2 is 1.62 bits per heavy atom. The van der Waals surface area contributed by atoms with E-state index in [9.17, 15) is 9.59 Å². The monoisotopic (exact) mass is 327 g/mol. The minimum absolute atomic E-state index is 0.197. The number of unbranched alkanes of at least 4 members (excludes halogenated alkanes) is 6. The molecule has 0 saturated heterocycles. The number of aromatic amines is 2. The van der Waals surface area contributed by atoms with Crippen molar-refractivity contribution < 1.29 is 0 Å². The number of H-pyrrole nitrogens is 2. The van der Waals surface area contributed by atoms with Gasteiger partial charge in [0.25, 0.3) is 11.1 Å². The number of para-hydroxylation sites is 1. The highest BCUT2D eigenvalue weighted by molar-refractivity contribution is 6.02. The Morgan fingerprint density at radius 3 is 2.42 bits per heavy atom. The first-order chi connectivity index (χ1) is 11.7. The van der Waals surface area contributed by atoms with Crippen LogP contribution in [-0.2, 0) is 6.54 Å². The predicted molar refractivity (Wildman–Crippen MR) is 98.7 cm³/mol. The van der Waals surface area contributed by atoms with Crippen LogP contribution >= 0.6 is 0 Å². The van der Waals surface area contributed by atoms with Gasteiger partial charge in [0.1, 0.15) is 5.39 Å². The van der Waals surface area contributed by atoms with Crippen molar-refractivity contribution >= 4 is 21.8 Å². The molecule has 0 atom stereocenters. The van der Waals surface area contributed by atoms with Gasteiger partial charge < -0.3 is 4.57 Å². The molecule has 2 N–H and O–H groups in total. The molecule has 0 saturated carbocycles. The first-order valence-corrected chi connectivity index (χ1v) is 8.96. The average molecular weight is 327 g/mol. The standard InChI is InChI=1S/C19H25N3O2/c1-2-3-4-5-6-7-10-13-22-15-12-9-8-11-14(15)17-16(19(22)24)18(23)21-20-17/h8-9,11-12H,2-7,10,13H2,1H3,(H2,20,21,23). The van der Waals surface area contributed by atoms with Gasteiger partial charge in [-0.1, -0.05) is 63.6 Å². The average Bonchev–Trinajstić information content (AvgIpc) is 2.99. The SMILES string of the molecule is CCCCCCCCCn1c(=O)c2c(=O)[nH][nH]c2c2ccccc21. The van der Waals surface area contributed by atoms with E-state index in [4.69, 9.17) is 0 Å². The summed E-state index contributed by atoms with van der Waals surface area (Å²) >= 11 is 0. The van der Waals surface area contributed by atoms with Gasteiger partial charge in [0.2, 0.25) is 0 Å². The Balaban J connectivity index is 1.84. The van der Waals surface area contributed by atoms with Crippen LogP contribution in [0.2, 0.25) is 0 Å². The molecule has 1 aromatic carbocycles. The molecule has 0 aliphatic heterocycles. The van der Waals surface area contributed by atoms with Gasteiger partial charge in [-0.25, -0.2) is 0 Å². The molecule has 2 aromatic heterocycles. The molecule has 0 fully saturated rings. The maximum absolute atomic E-state index is 12.8. The summed E-state index contributed by atoms with van der Waals surface area (Å²) < 4.78 is 1.76. The minimum atomic E-state index is -0.339. The van der Waals surface area contributed by atoms with E-state index in [1.807, 2.05) is 24.3 Å². The molecule has 0 aliphatic carbocycles. The quantitative estimate of drug-likeness (QED) is 0.616. The smallest absolute Gasteiger partial charge is 0.277 e. The van der Waals surface area contributed by atoms with Gasteiger partial charge in [0.15, 0.2) is 0 Å². The maximum Gasteiger partial charge on any atom is 0.277 e. The Labute approximate surface area is 140 Å². The fourth-order valence-corrected chi connectivity index (χ4v) is 3.38. The Hall–Kier alpha value is -2.30. The zero-order valence-electron chi connectivity index (χ0n) is 14.2. The topological polar surface area (TPSA) is 70.7 Å². The summed E-state index contributed by atoms with van der Waals surface area (Å²) in [7, 11) is 0. The third kappa shape index (κ3) is 3.16. The molecule has 5 heteroatoms. The van der Waals surface area contributed by atoms with Crippen LogP contribution in [0, 0.1) is 0 Å². The van der Waals surface area contributed by atoms with Gasteiger partial charge in [0, 0.05) is 11.9 Å². The molecule has 0 aliphatic rings. The van der Waals surface area contributed by atoms with E-state index in [2.05, 4.69) is 17.1 Å². The van der Waals surface area contributed by atoms with E-state index < -0.39 is 0 Å². The third-order valence-electron chi connectivity index (χ3n) is 4.69. The largest absolute Gasteiger partial charge is 0.307 e. The van der Waals surface area contributed by atoms with Crippen molar-refractivity contribution in [1.29, 1.82) is 0 Å². The van der Waals surface area contributed by atoms with Crippen LogP contribution in [0.1, 0.15) is 51.9 Å². The lowest BCUT2D eigenvalue weighted by Crippen LogP contribution is -2.24. The van der Waals surface area contributed by atoms with Gasteiger partial charge in [-0.3, -0.25) is 19.8 Å². The van der Waals surface area contributed by atoms with Gasteiger partial charge in [0.05, 0.1) is 11.0 Å². The molecular formula is C19H25N3O2. The van der Waals surface area contributed by atoms with Crippen LogP contribution in [0.5, 0.6) is 0 Å². The van der Waals surface area contributed by atoms with Crippen molar-refractivity contribution in [2.24, 2.45) is 0 Å². The molecular weight excluding hydrogens is 302 g/mol. The number of rotatable bonds is 8. The predicted octanol–water partition coefficient (Wildman–Crippen LogP) is 3.92. The summed E-state index contributed by atoms with van der Waals surface area (Å²) in [5.74, 6) is 0. The lowest BCUT2D eigenvalue weighted by atomic mass is 10.1. The normalized spacial score (nSPS) is 11.5. The fourth-order valence-electron chi connectivity index (χ4n) is 3.38. The van der Waals surface area contributed by atoms with E-state index in [0.29, 0.717) is 12.1 Å². The molecule has 128 valence electrons. The van der Waals surface area contributed by atoms with E-state index in [0.717, 1.165) is 23.7 Å². The second kappa shape index (κ2) is 7.51. The molecule has 0 amide bonds. The zero-order valence-corrected chi connectivity index (χ0v) is 14.2. The third-order valence-corrected chi connectivity index (χ3v) is 4.69. The van der Waals surface area contributed by atoms with E-state index in [1.54, 1.807) is 4.57 Å². The number of nitrogens with one attached hydrogen (secondary N) is 2. The number of fused-ring (bicyclic) bond motifs is 3. The summed E-state index contributed by atoms with van der Waals surface area (Å²) in [6.07, 6.45) is 8.41. The fraction of sp³-hybridized carbons (Fsp3) is 0.474. The Kier molecular flexibility index (Phi) is 5.18. The van der Waals surface area contributed by atoms with Crippen molar-refractivity contribution in [3.05, 3.63) is 45.0 Å². The summed E-state index contributed by atoms with van der Waals surface area (Å²) in [6.45, 7) is 2.88. The van der Waals surface area contributed by atoms with Crippen molar-refractivity contribution in [1.82, 2.24) is 14.8 Å². The number of aromatic nitrogens is 3. The van der Waals surface area contributed by atoms with E-state index >= 15 is 0 Å². The molecule has 5 nitrogen and oxygen atoms in total. The first kappa shape index (κ1) is 16.6. The lowest BCUT2D eigenvalue weighted by Gasteiger charge is -2.11. The summed E-state index contributed by atoms with van der Waals surface area (Å²) in [5.41, 5.74) is 0.957. The number of nitrogens with zero attached hydrogens (tertiary/aromatic N) is 1. The number of aryl methyl sites for hydroxylation is 1. The molecule has 3 aromatic rings. The summed E-state index contributed by atoms with van der Waals surface area (Å²) in [5, 5.41) is 6.53. The van der Waals surface area contributed by atoms with E-state index in [-0.39, 0.29) is 16.5 Å². The highest BCUT2D eigenvalue weighted by atomic mass is 16.1. The number of pyridine rings is 1. The van der Waals surface area contributed by atoms with Crippen molar-refractivity contribution in [2.45, 2.75) is 58.4 Å². The van der Waals surface area contributed by atoms with Crippen LogP contribution in [0.3, 0.4) is 0 Å². The number of benzene rings is 1. The summed E-state index contributed by atoms with van der Waals surface area (Å²) in [4.78, 5) is 24.7. The number of hydrogen-bond donors (Lipinski definition) is 2. The van der Waals surface area contributed by atoms with Crippen LogP contribution in [0.25, 0.3) is 21.8 Å². The van der Waals surface area contributed by atoms with Crippen LogP contribution in [-0.4, -0.2) is 14.8 Å². The molecule has 0 bridgehead atoms. The maximum atomic E-state index is 12.8. The molecule has 2 heterocycles. The highest BCUT2D eigenvalue weighted by Crippen LogP contribution is 2.19. The van der Waals surface area contributed by atoms with Crippen molar-refractivity contribution in [3.8, 4) is 0 Å². The van der Waals surface area contributed by atoms with E-state index in [1.165, 1.54) is 32.1 Å². The Morgan fingerprint density at radius 1 is 0.917 bits per heavy atom. The minimum Gasteiger partial charge on any atom is -0.307 e. The lowest BCUT2D eigenvalue weighted by molar-refractivity contribution is 0.551. The second-order valence-electron chi connectivity index (χ2n) is 6.42. The molecule has 0 radical (unpaired) electrons. The summed E-state index contributed by atoms with van der Waals surface area (Å²) in [6, 6.07) is 7.75. The van der Waals surface area contributed by atoms with Crippen molar-refractivity contribution in [2.75, 3.05) is 0 Å². The van der Waals surface area contributed by atoms with Gasteiger partial charge >= 0.3 is 0 Å². The molecule has 3 rings (SSSR count). The van der Waals surface area contributed by atoms with Gasteiger partial charge in [-0.15, -0.1) is 0 Å². The molecule has 0 spiro atoms. The molecule has 24 heavy (non-hydrogen) atoms.